The van der Waals surface area contributed by atoms with Crippen molar-refractivity contribution in [1.29, 1.82) is 0 Å². The molecule has 29 rings (SSSR count). The SMILES string of the molecule is Brc1ccccc1-n1c2ccccc2c2cc(-n3c4ccccc4c4cccnc43)ccc21.Fc1ccccc1Br.OB(O)c1cccc(-n2c3ccccc3c3ccccc32)c1.c1cc(-c2ccccc2-n2c3ccccc3c3cc(-n4c5ccccc5c5cccnc54)ccc32)cc(-n2c3ccccc3c3ccccc32)c1.c1ccc2c(c1)Cc1ccc(-n3c4ccccc4c4cccnc43)cc1-2. The Morgan fingerprint density at radius 1 is 0.221 bits per heavy atom. The Bertz CT molecular complexity index is 9500. The molecule has 664 valence electrons. The summed E-state index contributed by atoms with van der Waals surface area (Å²) in [7, 11) is -1.46. The van der Waals surface area contributed by atoms with Crippen LogP contribution in [0.15, 0.2) is 483 Å². The van der Waals surface area contributed by atoms with Crippen LogP contribution in [0.5, 0.6) is 0 Å². The lowest BCUT2D eigenvalue weighted by Crippen LogP contribution is -2.29. The maximum atomic E-state index is 12.3. The average Bonchev–Trinajstić information content (AvgIpc) is 1.57. The minimum absolute atomic E-state index is 0.215. The first kappa shape index (κ1) is 84.6. The number of hydrogen-bond donors (Lipinski definition) is 2. The predicted molar refractivity (Wildman–Crippen MR) is 585 cm³/mol. The standard InChI is InChI=1S/C47H30N4.C29H18BrN3.C24H16N2.C18H14BNO2.C6H4BrF/c1-6-21-41(34(15-1)31-13-11-14-32(29-31)49-42-22-7-2-16-35(42)36-17-3-8-23-43(36)49)51-45-25-10-5-19-38(45)40-30-33(26-27-46(40)51)50-44-24-9-4-18-37(44)39-20-12-28-48-47(39)50;30-24-11-3-6-14-28(24)33-26-13-5-2-9-21(26)23-18-19(15-16-27(23)33)32-25-12-4-1-8-20(25)22-10-7-17-31-29(22)32;1-2-7-19-16(6-1)14-17-11-12-18(15-22(17)19)26-23-10-4-3-8-20(23)21-9-5-13-25-24(21)26;21-19(22)13-6-5-7-14(12-13)20-17-10-3-1-8-15(17)16-9-2-4-11-18(16)20;7-5-3-1-2-4-6(5)8/h1-30H;1-18H;1-13,15H,14H2;1-12,21-22H;1-4H. The van der Waals surface area contributed by atoms with Crippen molar-refractivity contribution in [3.05, 3.63) is 499 Å². The van der Waals surface area contributed by atoms with Crippen LogP contribution in [-0.2, 0) is 6.42 Å². The van der Waals surface area contributed by atoms with Gasteiger partial charge in [0.2, 0.25) is 0 Å². The van der Waals surface area contributed by atoms with E-state index in [0.29, 0.717) is 9.94 Å². The van der Waals surface area contributed by atoms with Gasteiger partial charge in [-0.3, -0.25) is 13.7 Å². The lowest BCUT2D eigenvalue weighted by atomic mass is 9.80. The fourth-order valence-electron chi connectivity index (χ4n) is 21.2. The summed E-state index contributed by atoms with van der Waals surface area (Å²) in [4.78, 5) is 14.3. The number of benzene rings is 18. The van der Waals surface area contributed by atoms with Gasteiger partial charge in [0.1, 0.15) is 22.8 Å². The van der Waals surface area contributed by atoms with Crippen molar-refractivity contribution in [3.63, 3.8) is 0 Å². The van der Waals surface area contributed by atoms with Gasteiger partial charge >= 0.3 is 7.12 Å². The molecule has 0 spiro atoms. The summed E-state index contributed by atoms with van der Waals surface area (Å²) in [5, 5.41) is 35.8. The first-order valence-corrected chi connectivity index (χ1v) is 48.3. The highest BCUT2D eigenvalue weighted by Gasteiger charge is 2.26. The number of rotatable bonds is 9. The van der Waals surface area contributed by atoms with Gasteiger partial charge < -0.3 is 28.3 Å². The van der Waals surface area contributed by atoms with Crippen LogP contribution in [-0.4, -0.2) is 64.1 Å². The third-order valence-corrected chi connectivity index (χ3v) is 28.5. The highest BCUT2D eigenvalue weighted by Crippen LogP contribution is 2.45. The van der Waals surface area contributed by atoms with E-state index in [-0.39, 0.29) is 5.82 Å². The lowest BCUT2D eigenvalue weighted by molar-refractivity contribution is 0.425. The van der Waals surface area contributed by atoms with E-state index in [0.717, 1.165) is 83.9 Å². The normalized spacial score (nSPS) is 11.7. The van der Waals surface area contributed by atoms with Crippen LogP contribution in [0.3, 0.4) is 0 Å². The molecule has 0 fully saturated rings. The molecule has 0 radical (unpaired) electrons. The number of halogens is 3. The molecular weight excluding hydrogens is 1850 g/mol. The highest BCUT2D eigenvalue weighted by atomic mass is 79.9. The zero-order valence-corrected chi connectivity index (χ0v) is 78.5. The van der Waals surface area contributed by atoms with Crippen LogP contribution < -0.4 is 5.46 Å². The summed E-state index contributed by atoms with van der Waals surface area (Å²) in [5.41, 5.74) is 31.9. The Labute approximate surface area is 820 Å². The van der Waals surface area contributed by atoms with E-state index in [4.69, 9.17) is 15.0 Å². The van der Waals surface area contributed by atoms with Crippen molar-refractivity contribution >= 4 is 197 Å². The van der Waals surface area contributed by atoms with Crippen LogP contribution in [0, 0.1) is 5.82 Å². The molecule has 0 bridgehead atoms. The summed E-state index contributed by atoms with van der Waals surface area (Å²) in [5.74, 6) is -0.215. The second-order valence-corrected chi connectivity index (χ2v) is 36.8. The molecule has 140 heavy (non-hydrogen) atoms. The van der Waals surface area contributed by atoms with Gasteiger partial charge in [-0.05, 0) is 266 Å². The Kier molecular flexibility index (Phi) is 21.5. The van der Waals surface area contributed by atoms with E-state index >= 15 is 0 Å². The molecule has 0 atom stereocenters. The smallest absolute Gasteiger partial charge is 0.423 e. The van der Waals surface area contributed by atoms with Crippen LogP contribution in [0.1, 0.15) is 11.1 Å². The molecule has 0 unspecified atom stereocenters. The fourth-order valence-corrected chi connectivity index (χ4v) is 21.9. The van der Waals surface area contributed by atoms with Gasteiger partial charge in [-0.25, -0.2) is 19.3 Å². The Hall–Kier alpha value is -17.1. The number of pyridine rings is 3. The van der Waals surface area contributed by atoms with E-state index in [1.54, 1.807) is 24.3 Å². The maximum absolute atomic E-state index is 12.3. The van der Waals surface area contributed by atoms with Gasteiger partial charge in [0.05, 0.1) is 76.5 Å². The van der Waals surface area contributed by atoms with Crippen molar-refractivity contribution in [2.24, 2.45) is 0 Å². The van der Waals surface area contributed by atoms with Crippen molar-refractivity contribution in [2.75, 3.05) is 0 Å². The first-order valence-electron chi connectivity index (χ1n) is 46.7. The molecule has 1 aliphatic carbocycles. The first-order chi connectivity index (χ1) is 69.1. The lowest BCUT2D eigenvalue weighted by Gasteiger charge is -2.16. The molecule has 0 saturated carbocycles. The minimum atomic E-state index is -1.46. The summed E-state index contributed by atoms with van der Waals surface area (Å²) < 4.78 is 30.0. The Morgan fingerprint density at radius 2 is 0.536 bits per heavy atom. The minimum Gasteiger partial charge on any atom is -0.423 e. The summed E-state index contributed by atoms with van der Waals surface area (Å²) in [6.45, 7) is 0. The van der Waals surface area contributed by atoms with Crippen LogP contribution >= 0.6 is 31.9 Å². The van der Waals surface area contributed by atoms with E-state index < -0.39 is 7.12 Å². The summed E-state index contributed by atoms with van der Waals surface area (Å²) in [6, 6.07) is 159. The number of fused-ring (bicyclic) bond motifs is 24. The summed E-state index contributed by atoms with van der Waals surface area (Å²) in [6.07, 6.45) is 6.65. The Morgan fingerprint density at radius 3 is 0.971 bits per heavy atom. The number of nitrogens with zero attached hydrogens (tertiary/aromatic N) is 10. The topological polar surface area (TPSA) is 114 Å². The molecule has 16 heteroatoms. The largest absolute Gasteiger partial charge is 0.488 e. The van der Waals surface area contributed by atoms with Gasteiger partial charge in [0.25, 0.3) is 0 Å². The van der Waals surface area contributed by atoms with Crippen molar-refractivity contribution in [1.82, 2.24) is 46.9 Å². The predicted octanol–water partition coefficient (Wildman–Crippen LogP) is 30.9. The quantitative estimate of drug-likeness (QED) is 0.140. The van der Waals surface area contributed by atoms with Gasteiger partial charge in [0, 0.05) is 132 Å². The maximum Gasteiger partial charge on any atom is 0.488 e. The van der Waals surface area contributed by atoms with Gasteiger partial charge in [-0.2, -0.15) is 0 Å². The van der Waals surface area contributed by atoms with Gasteiger partial charge in [-0.15, -0.1) is 0 Å². The molecule has 2 N–H and O–H groups in total. The average molecular weight is 1930 g/mol. The van der Waals surface area contributed by atoms with E-state index in [1.807, 2.05) is 79.3 Å². The third-order valence-electron chi connectivity index (χ3n) is 27.2. The number of aromatic nitrogens is 10. The van der Waals surface area contributed by atoms with Crippen LogP contribution in [0.4, 0.5) is 4.39 Å². The molecule has 12 nitrogen and oxygen atoms in total. The molecule has 0 saturated heterocycles. The second kappa shape index (κ2) is 35.5. The van der Waals surface area contributed by atoms with Crippen molar-refractivity contribution in [2.45, 2.75) is 6.42 Å². The summed E-state index contributed by atoms with van der Waals surface area (Å²) >= 11 is 6.78. The second-order valence-electron chi connectivity index (χ2n) is 35.1. The zero-order valence-electron chi connectivity index (χ0n) is 75.3. The number of hydrogen-bond acceptors (Lipinski definition) is 5. The molecule has 0 aliphatic heterocycles. The van der Waals surface area contributed by atoms with Gasteiger partial charge in [0.15, 0.2) is 0 Å². The van der Waals surface area contributed by atoms with Crippen molar-refractivity contribution < 1.29 is 14.4 Å². The molecule has 1 aliphatic rings. The van der Waals surface area contributed by atoms with Crippen molar-refractivity contribution in [3.8, 4) is 62.1 Å². The molecule has 28 aromatic rings. The van der Waals surface area contributed by atoms with E-state index in [9.17, 15) is 14.4 Å². The van der Waals surface area contributed by atoms with E-state index in [1.165, 1.54) is 159 Å². The fraction of sp³-hybridized carbons (Fsp3) is 0.00806. The molecule has 10 heterocycles. The molecular formula is C124H82BBr2FN10O2. The van der Waals surface area contributed by atoms with E-state index in [2.05, 4.69) is 428 Å². The monoisotopic (exact) mass is 1930 g/mol. The van der Waals surface area contributed by atoms with Gasteiger partial charge in [-0.1, -0.05) is 261 Å². The zero-order chi connectivity index (χ0) is 93.6. The third kappa shape index (κ3) is 14.5. The molecule has 0 amide bonds. The Balaban J connectivity index is 0.000000101. The number of para-hydroxylation sites is 11. The molecule has 18 aromatic carbocycles. The van der Waals surface area contributed by atoms with Crippen LogP contribution in [0.2, 0.25) is 0 Å². The van der Waals surface area contributed by atoms with Crippen LogP contribution in [0.25, 0.3) is 215 Å². The molecule has 10 aromatic heterocycles. The highest BCUT2D eigenvalue weighted by molar-refractivity contribution is 9.10.